The third-order valence-electron chi connectivity index (χ3n) is 2.27. The molecule has 0 fully saturated rings. The average molecular weight is 219 g/mol. The van der Waals surface area contributed by atoms with Crippen molar-refractivity contribution in [2.45, 2.75) is 12.7 Å². The number of ether oxygens (including phenoxy) is 1. The van der Waals surface area contributed by atoms with Gasteiger partial charge >= 0.3 is 5.97 Å². The number of aliphatic carboxylic acids is 1. The van der Waals surface area contributed by atoms with E-state index in [1.807, 2.05) is 0 Å². The lowest BCUT2D eigenvalue weighted by molar-refractivity contribution is -0.191. The summed E-state index contributed by atoms with van der Waals surface area (Å²) in [6.45, 7) is 1.55. The van der Waals surface area contributed by atoms with E-state index in [0.717, 1.165) is 0 Å². The van der Waals surface area contributed by atoms with Crippen LogP contribution in [0.3, 0.4) is 0 Å². The number of hydrogen-bond donors (Lipinski definition) is 2. The smallest absolute Gasteiger partial charge is 0.316 e. The Morgan fingerprint density at radius 3 is 2.71 bits per heavy atom. The molecule has 0 amide bonds. The molecule has 0 aromatic carbocycles. The third-order valence-corrected chi connectivity index (χ3v) is 2.69. The number of carbonyl (C=O) groups is 1. The van der Waals surface area contributed by atoms with Gasteiger partial charge in [0.15, 0.2) is 0 Å². The van der Waals surface area contributed by atoms with E-state index in [9.17, 15) is 9.90 Å². The SMILES string of the molecule is COC1(O)C=CC(Cl)=C(C)C1C(=O)O. The van der Waals surface area contributed by atoms with E-state index in [1.165, 1.54) is 19.3 Å². The van der Waals surface area contributed by atoms with Crippen LogP contribution in [-0.2, 0) is 9.53 Å². The molecule has 0 saturated heterocycles. The van der Waals surface area contributed by atoms with Crippen molar-refractivity contribution in [3.05, 3.63) is 22.8 Å². The number of hydrogen-bond acceptors (Lipinski definition) is 3. The van der Waals surface area contributed by atoms with Crippen molar-refractivity contribution in [2.75, 3.05) is 7.11 Å². The van der Waals surface area contributed by atoms with Gasteiger partial charge in [-0.2, -0.15) is 0 Å². The van der Waals surface area contributed by atoms with Crippen LogP contribution in [-0.4, -0.2) is 29.1 Å². The molecule has 0 aliphatic heterocycles. The summed E-state index contributed by atoms with van der Waals surface area (Å²) in [6, 6.07) is 0. The van der Waals surface area contributed by atoms with Gasteiger partial charge in [-0.15, -0.1) is 0 Å². The number of methoxy groups -OCH3 is 1. The van der Waals surface area contributed by atoms with Crippen LogP contribution in [0.2, 0.25) is 0 Å². The summed E-state index contributed by atoms with van der Waals surface area (Å²) in [6.07, 6.45) is 2.67. The molecule has 0 bridgehead atoms. The molecule has 0 radical (unpaired) electrons. The molecular weight excluding hydrogens is 208 g/mol. The Morgan fingerprint density at radius 2 is 2.29 bits per heavy atom. The van der Waals surface area contributed by atoms with Crippen LogP contribution in [0.1, 0.15) is 6.92 Å². The second kappa shape index (κ2) is 3.73. The van der Waals surface area contributed by atoms with Crippen molar-refractivity contribution in [3.8, 4) is 0 Å². The first kappa shape index (κ1) is 11.2. The van der Waals surface area contributed by atoms with Gasteiger partial charge in [0.05, 0.1) is 0 Å². The topological polar surface area (TPSA) is 66.8 Å². The van der Waals surface area contributed by atoms with E-state index in [2.05, 4.69) is 0 Å². The van der Waals surface area contributed by atoms with Crippen molar-refractivity contribution in [3.63, 3.8) is 0 Å². The minimum Gasteiger partial charge on any atom is -0.481 e. The van der Waals surface area contributed by atoms with E-state index in [0.29, 0.717) is 10.6 Å². The van der Waals surface area contributed by atoms with Gasteiger partial charge in [0.2, 0.25) is 5.79 Å². The van der Waals surface area contributed by atoms with Gasteiger partial charge in [0, 0.05) is 12.1 Å². The number of rotatable bonds is 2. The molecule has 0 aromatic rings. The van der Waals surface area contributed by atoms with E-state index in [-0.39, 0.29) is 0 Å². The molecule has 1 aliphatic rings. The first-order chi connectivity index (χ1) is 6.42. The largest absolute Gasteiger partial charge is 0.481 e. The van der Waals surface area contributed by atoms with Crippen LogP contribution in [0.25, 0.3) is 0 Å². The minimum absolute atomic E-state index is 0.319. The normalized spacial score (nSPS) is 32.1. The molecule has 1 aliphatic carbocycles. The lowest BCUT2D eigenvalue weighted by atomic mass is 9.87. The average Bonchev–Trinajstić information content (AvgIpc) is 2.12. The highest BCUT2D eigenvalue weighted by molar-refractivity contribution is 6.31. The number of halogens is 1. The molecular formula is C9H11ClO4. The molecule has 78 valence electrons. The van der Waals surface area contributed by atoms with Crippen LogP contribution in [0.4, 0.5) is 0 Å². The summed E-state index contributed by atoms with van der Waals surface area (Å²) in [7, 11) is 1.24. The predicted octanol–water partition coefficient (Wildman–Crippen LogP) is 1.10. The van der Waals surface area contributed by atoms with Crippen molar-refractivity contribution in [1.82, 2.24) is 0 Å². The highest BCUT2D eigenvalue weighted by Gasteiger charge is 2.43. The zero-order valence-electron chi connectivity index (χ0n) is 7.82. The zero-order chi connectivity index (χ0) is 10.9. The lowest BCUT2D eigenvalue weighted by Crippen LogP contribution is -2.44. The molecule has 2 atom stereocenters. The molecule has 2 N–H and O–H groups in total. The minimum atomic E-state index is -1.81. The van der Waals surface area contributed by atoms with Crippen LogP contribution in [0, 0.1) is 5.92 Å². The van der Waals surface area contributed by atoms with E-state index < -0.39 is 17.7 Å². The van der Waals surface area contributed by atoms with Crippen LogP contribution in [0.15, 0.2) is 22.8 Å². The molecule has 2 unspecified atom stereocenters. The lowest BCUT2D eigenvalue weighted by Gasteiger charge is -2.32. The van der Waals surface area contributed by atoms with Crippen LogP contribution < -0.4 is 0 Å². The summed E-state index contributed by atoms with van der Waals surface area (Å²) in [5.74, 6) is -4.15. The first-order valence-electron chi connectivity index (χ1n) is 3.98. The van der Waals surface area contributed by atoms with Gasteiger partial charge in [-0.25, -0.2) is 0 Å². The maximum Gasteiger partial charge on any atom is 0.316 e. The van der Waals surface area contributed by atoms with Crippen LogP contribution >= 0.6 is 11.6 Å². The maximum absolute atomic E-state index is 10.9. The first-order valence-corrected chi connectivity index (χ1v) is 4.36. The summed E-state index contributed by atoms with van der Waals surface area (Å²) < 4.78 is 4.77. The van der Waals surface area contributed by atoms with Gasteiger partial charge in [0.25, 0.3) is 0 Å². The number of aliphatic hydroxyl groups is 1. The molecule has 0 saturated carbocycles. The van der Waals surface area contributed by atoms with Gasteiger partial charge in [-0.3, -0.25) is 4.79 Å². The second-order valence-corrected chi connectivity index (χ2v) is 3.50. The highest BCUT2D eigenvalue weighted by atomic mass is 35.5. The Morgan fingerprint density at radius 1 is 1.71 bits per heavy atom. The molecule has 4 nitrogen and oxygen atoms in total. The maximum atomic E-state index is 10.9. The number of allylic oxidation sites excluding steroid dienone is 2. The Hall–Kier alpha value is -0.840. The van der Waals surface area contributed by atoms with Gasteiger partial charge in [-0.1, -0.05) is 11.6 Å². The third kappa shape index (κ3) is 1.68. The monoisotopic (exact) mass is 218 g/mol. The Kier molecular flexibility index (Phi) is 2.99. The zero-order valence-corrected chi connectivity index (χ0v) is 8.58. The van der Waals surface area contributed by atoms with Crippen molar-refractivity contribution in [1.29, 1.82) is 0 Å². The van der Waals surface area contributed by atoms with Crippen molar-refractivity contribution in [2.24, 2.45) is 5.92 Å². The summed E-state index contributed by atoms with van der Waals surface area (Å²) >= 11 is 5.75. The Labute approximate surface area is 86.4 Å². The fraction of sp³-hybridized carbons (Fsp3) is 0.444. The molecule has 0 heterocycles. The quantitative estimate of drug-likeness (QED) is 0.682. The molecule has 0 aromatic heterocycles. The van der Waals surface area contributed by atoms with Gasteiger partial charge in [0.1, 0.15) is 5.92 Å². The molecule has 14 heavy (non-hydrogen) atoms. The summed E-state index contributed by atoms with van der Waals surface area (Å²) in [5, 5.41) is 19.1. The second-order valence-electron chi connectivity index (χ2n) is 3.09. The van der Waals surface area contributed by atoms with E-state index in [4.69, 9.17) is 21.4 Å². The fourth-order valence-electron chi connectivity index (χ4n) is 1.42. The highest BCUT2D eigenvalue weighted by Crippen LogP contribution is 2.35. The Balaban J connectivity index is 3.18. The number of carboxylic acids is 1. The van der Waals surface area contributed by atoms with E-state index >= 15 is 0 Å². The summed E-state index contributed by atoms with van der Waals surface area (Å²) in [5.41, 5.74) is 0.381. The Bertz CT molecular complexity index is 321. The van der Waals surface area contributed by atoms with E-state index in [1.54, 1.807) is 6.92 Å². The molecule has 5 heteroatoms. The van der Waals surface area contributed by atoms with Crippen LogP contribution in [0.5, 0.6) is 0 Å². The fourth-order valence-corrected chi connectivity index (χ4v) is 1.59. The number of carboxylic acid groups (broad SMARTS) is 1. The van der Waals surface area contributed by atoms with Crippen molar-refractivity contribution < 1.29 is 19.7 Å². The molecule has 0 spiro atoms. The summed E-state index contributed by atoms with van der Waals surface area (Å²) in [4.78, 5) is 10.9. The molecule has 1 rings (SSSR count). The van der Waals surface area contributed by atoms with Gasteiger partial charge < -0.3 is 14.9 Å². The van der Waals surface area contributed by atoms with Gasteiger partial charge in [-0.05, 0) is 24.6 Å². The predicted molar refractivity (Wildman–Crippen MR) is 50.8 cm³/mol. The van der Waals surface area contributed by atoms with Crippen molar-refractivity contribution >= 4 is 17.6 Å². The standard InChI is InChI=1S/C9H11ClO4/c1-5-6(10)3-4-9(13,14-2)7(5)8(11)12/h3-4,7,13H,1-2H3,(H,11,12).